The van der Waals surface area contributed by atoms with E-state index in [9.17, 15) is 14.7 Å². The first-order valence-electron chi connectivity index (χ1n) is 7.83. The number of amides is 2. The normalized spacial score (nSPS) is 17.2. The molecule has 1 fully saturated rings. The van der Waals surface area contributed by atoms with Crippen molar-refractivity contribution < 1.29 is 14.7 Å². The van der Waals surface area contributed by atoms with Gasteiger partial charge in [0.15, 0.2) is 0 Å². The second kappa shape index (κ2) is 7.46. The van der Waals surface area contributed by atoms with Crippen LogP contribution in [0.5, 0.6) is 5.75 Å². The van der Waals surface area contributed by atoms with Gasteiger partial charge in [0.25, 0.3) is 11.8 Å². The second-order valence-electron chi connectivity index (χ2n) is 5.68. The number of rotatable bonds is 4. The Kier molecular flexibility index (Phi) is 5.12. The van der Waals surface area contributed by atoms with Crippen LogP contribution in [0.3, 0.4) is 0 Å². The zero-order valence-corrected chi connectivity index (χ0v) is 13.9. The van der Waals surface area contributed by atoms with Gasteiger partial charge >= 0.3 is 0 Å². The minimum atomic E-state index is -0.302. The lowest BCUT2D eigenvalue weighted by Crippen LogP contribution is -2.45. The summed E-state index contributed by atoms with van der Waals surface area (Å²) >= 11 is 1.31. The summed E-state index contributed by atoms with van der Waals surface area (Å²) in [6.45, 7) is 1.70. The van der Waals surface area contributed by atoms with Gasteiger partial charge in [-0.1, -0.05) is 6.07 Å². The van der Waals surface area contributed by atoms with Gasteiger partial charge in [0.1, 0.15) is 5.75 Å². The number of anilines is 1. The van der Waals surface area contributed by atoms with Gasteiger partial charge in [-0.3, -0.25) is 9.59 Å². The van der Waals surface area contributed by atoms with Crippen molar-refractivity contribution in [1.82, 2.24) is 10.6 Å². The van der Waals surface area contributed by atoms with E-state index in [4.69, 9.17) is 0 Å². The van der Waals surface area contributed by atoms with Crippen LogP contribution in [0.1, 0.15) is 32.9 Å². The molecule has 0 radical (unpaired) electrons. The van der Waals surface area contributed by atoms with Crippen molar-refractivity contribution >= 4 is 28.8 Å². The summed E-state index contributed by atoms with van der Waals surface area (Å²) < 4.78 is 0. The highest BCUT2D eigenvalue weighted by Gasteiger charge is 2.20. The minimum absolute atomic E-state index is 0.00707. The van der Waals surface area contributed by atoms with Crippen LogP contribution in [-0.4, -0.2) is 36.1 Å². The van der Waals surface area contributed by atoms with Gasteiger partial charge in [0.2, 0.25) is 0 Å². The van der Waals surface area contributed by atoms with Gasteiger partial charge in [-0.05, 0) is 43.0 Å². The molecule has 6 nitrogen and oxygen atoms in total. The molecule has 4 N–H and O–H groups in total. The number of hydrogen-bond donors (Lipinski definition) is 4. The lowest BCUT2D eigenvalue weighted by Gasteiger charge is -2.24. The third-order valence-corrected chi connectivity index (χ3v) is 4.74. The van der Waals surface area contributed by atoms with Crippen LogP contribution >= 0.6 is 11.3 Å². The minimum Gasteiger partial charge on any atom is -0.508 e. The number of aromatic hydroxyl groups is 1. The van der Waals surface area contributed by atoms with Gasteiger partial charge in [-0.2, -0.15) is 0 Å². The average Bonchev–Trinajstić information content (AvgIpc) is 3.10. The third kappa shape index (κ3) is 3.93. The summed E-state index contributed by atoms with van der Waals surface area (Å²) in [5.74, 6) is -0.568. The summed E-state index contributed by atoms with van der Waals surface area (Å²) in [4.78, 5) is 25.3. The molecule has 126 valence electrons. The molecule has 2 heterocycles. The highest BCUT2D eigenvalue weighted by Crippen LogP contribution is 2.23. The van der Waals surface area contributed by atoms with Crippen molar-refractivity contribution in [2.24, 2.45) is 0 Å². The fraction of sp³-hybridized carbons (Fsp3) is 0.294. The molecule has 1 saturated heterocycles. The molecule has 1 aliphatic rings. The molecule has 3 rings (SSSR count). The van der Waals surface area contributed by atoms with Crippen LogP contribution in [0.4, 0.5) is 5.69 Å². The predicted octanol–water partition coefficient (Wildman–Crippen LogP) is 2.19. The van der Waals surface area contributed by atoms with Crippen molar-refractivity contribution in [3.8, 4) is 5.75 Å². The van der Waals surface area contributed by atoms with Crippen molar-refractivity contribution in [1.29, 1.82) is 0 Å². The maximum absolute atomic E-state index is 12.5. The maximum Gasteiger partial charge on any atom is 0.265 e. The summed E-state index contributed by atoms with van der Waals surface area (Å²) in [6.07, 6.45) is 1.94. The fourth-order valence-electron chi connectivity index (χ4n) is 2.66. The molecule has 0 saturated carbocycles. The Hall–Kier alpha value is -2.38. The lowest BCUT2D eigenvalue weighted by atomic mass is 10.1. The second-order valence-corrected chi connectivity index (χ2v) is 6.63. The van der Waals surface area contributed by atoms with E-state index < -0.39 is 0 Å². The predicted molar refractivity (Wildman–Crippen MR) is 93.7 cm³/mol. The molecule has 1 aromatic carbocycles. The highest BCUT2D eigenvalue weighted by atomic mass is 32.1. The van der Waals surface area contributed by atoms with Gasteiger partial charge in [0.05, 0.1) is 16.1 Å². The molecule has 1 aliphatic heterocycles. The first-order chi connectivity index (χ1) is 11.6. The SMILES string of the molecule is O=C(Nc1cc(O)ccc1C(=O)NC1CCCNC1)c1cccs1. The van der Waals surface area contributed by atoms with E-state index in [2.05, 4.69) is 16.0 Å². The average molecular weight is 345 g/mol. The van der Waals surface area contributed by atoms with Crippen LogP contribution in [0, 0.1) is 0 Å². The van der Waals surface area contributed by atoms with Crippen molar-refractivity contribution in [2.45, 2.75) is 18.9 Å². The molecular formula is C17H19N3O3S. The Labute approximate surface area is 143 Å². The quantitative estimate of drug-likeness (QED) is 0.684. The number of phenolic OH excluding ortho intramolecular Hbond substituents is 1. The standard InChI is InChI=1S/C17H19N3O3S/c21-12-5-6-13(16(22)19-11-3-1-7-18-10-11)14(9-12)20-17(23)15-4-2-8-24-15/h2,4-6,8-9,11,18,21H,1,3,7,10H2,(H,19,22)(H,20,23). The molecule has 2 aromatic rings. The molecule has 1 aromatic heterocycles. The molecule has 0 aliphatic carbocycles. The highest BCUT2D eigenvalue weighted by molar-refractivity contribution is 7.12. The topological polar surface area (TPSA) is 90.5 Å². The smallest absolute Gasteiger partial charge is 0.265 e. The van der Waals surface area contributed by atoms with E-state index >= 15 is 0 Å². The number of carbonyl (C=O) groups excluding carboxylic acids is 2. The van der Waals surface area contributed by atoms with E-state index in [1.54, 1.807) is 17.5 Å². The lowest BCUT2D eigenvalue weighted by molar-refractivity contribution is 0.0931. The van der Waals surface area contributed by atoms with Crippen molar-refractivity contribution in [2.75, 3.05) is 18.4 Å². The zero-order chi connectivity index (χ0) is 16.9. The fourth-order valence-corrected chi connectivity index (χ4v) is 3.28. The number of thiophene rings is 1. The first kappa shape index (κ1) is 16.5. The number of benzene rings is 1. The molecule has 1 unspecified atom stereocenters. The molecule has 0 spiro atoms. The Morgan fingerprint density at radius 1 is 1.25 bits per heavy atom. The van der Waals surface area contributed by atoms with Crippen LogP contribution < -0.4 is 16.0 Å². The van der Waals surface area contributed by atoms with Crippen LogP contribution in [0.15, 0.2) is 35.7 Å². The molecule has 1 atom stereocenters. The van der Waals surface area contributed by atoms with E-state index in [1.165, 1.54) is 29.5 Å². The van der Waals surface area contributed by atoms with Gasteiger partial charge in [-0.25, -0.2) is 0 Å². The molecule has 0 bridgehead atoms. The van der Waals surface area contributed by atoms with E-state index in [0.29, 0.717) is 16.1 Å². The summed E-state index contributed by atoms with van der Waals surface area (Å²) in [7, 11) is 0. The van der Waals surface area contributed by atoms with Crippen LogP contribution in [0.2, 0.25) is 0 Å². The van der Waals surface area contributed by atoms with E-state index in [1.807, 2.05) is 0 Å². The Morgan fingerprint density at radius 2 is 2.12 bits per heavy atom. The van der Waals surface area contributed by atoms with Gasteiger partial charge in [0, 0.05) is 18.7 Å². The Bertz CT molecular complexity index is 725. The van der Waals surface area contributed by atoms with Crippen LogP contribution in [-0.2, 0) is 0 Å². The summed E-state index contributed by atoms with van der Waals surface area (Å²) in [5.41, 5.74) is 0.637. The Balaban J connectivity index is 1.77. The van der Waals surface area contributed by atoms with E-state index in [0.717, 1.165) is 25.9 Å². The molecular weight excluding hydrogens is 326 g/mol. The zero-order valence-electron chi connectivity index (χ0n) is 13.0. The first-order valence-corrected chi connectivity index (χ1v) is 8.71. The number of carbonyl (C=O) groups is 2. The summed E-state index contributed by atoms with van der Waals surface area (Å²) in [5, 5.41) is 20.4. The molecule has 2 amide bonds. The number of piperidine rings is 1. The van der Waals surface area contributed by atoms with Gasteiger partial charge < -0.3 is 21.1 Å². The molecule has 7 heteroatoms. The van der Waals surface area contributed by atoms with Crippen LogP contribution in [0.25, 0.3) is 0 Å². The Morgan fingerprint density at radius 3 is 2.83 bits per heavy atom. The monoisotopic (exact) mass is 345 g/mol. The maximum atomic E-state index is 12.5. The molecule has 24 heavy (non-hydrogen) atoms. The van der Waals surface area contributed by atoms with Crippen molar-refractivity contribution in [3.05, 3.63) is 46.2 Å². The van der Waals surface area contributed by atoms with Crippen molar-refractivity contribution in [3.63, 3.8) is 0 Å². The van der Waals surface area contributed by atoms with E-state index in [-0.39, 0.29) is 23.6 Å². The number of phenols is 1. The third-order valence-electron chi connectivity index (χ3n) is 3.87. The van der Waals surface area contributed by atoms with Gasteiger partial charge in [-0.15, -0.1) is 11.3 Å². The summed E-state index contributed by atoms with van der Waals surface area (Å²) in [6, 6.07) is 7.90. The number of nitrogens with one attached hydrogen (secondary N) is 3. The number of hydrogen-bond acceptors (Lipinski definition) is 5. The largest absolute Gasteiger partial charge is 0.508 e.